The Labute approximate surface area is 117 Å². The van der Waals surface area contributed by atoms with Crippen LogP contribution in [0.3, 0.4) is 0 Å². The number of rotatable bonds is 8. The van der Waals surface area contributed by atoms with Crippen molar-refractivity contribution in [3.63, 3.8) is 0 Å². The van der Waals surface area contributed by atoms with Gasteiger partial charge in [0, 0.05) is 35.4 Å². The zero-order valence-corrected chi connectivity index (χ0v) is 12.6. The second-order valence-electron chi connectivity index (χ2n) is 4.75. The van der Waals surface area contributed by atoms with Crippen LogP contribution in [0.25, 0.3) is 0 Å². The van der Waals surface area contributed by atoms with Gasteiger partial charge in [-0.2, -0.15) is 0 Å². The lowest BCUT2D eigenvalue weighted by molar-refractivity contribution is 0.106. The summed E-state index contributed by atoms with van der Waals surface area (Å²) in [6.07, 6.45) is 1.11. The number of nitrogens with one attached hydrogen (secondary N) is 1. The van der Waals surface area contributed by atoms with Crippen molar-refractivity contribution in [2.24, 2.45) is 0 Å². The van der Waals surface area contributed by atoms with Gasteiger partial charge in [0.25, 0.3) is 0 Å². The summed E-state index contributed by atoms with van der Waals surface area (Å²) in [5, 5.41) is 12.9. The topological polar surface area (TPSA) is 58.6 Å². The molecule has 0 saturated heterocycles. The lowest BCUT2D eigenvalue weighted by Gasteiger charge is -2.15. The minimum Gasteiger partial charge on any atom is -0.491 e. The third kappa shape index (κ3) is 6.71. The molecule has 0 aromatic heterocycles. The van der Waals surface area contributed by atoms with Crippen LogP contribution in [0, 0.1) is 6.92 Å². The molecule has 1 aromatic rings. The summed E-state index contributed by atoms with van der Waals surface area (Å²) < 4.78 is 16.6. The van der Waals surface area contributed by atoms with Crippen LogP contribution in [-0.4, -0.2) is 46.6 Å². The molecule has 1 aromatic carbocycles. The van der Waals surface area contributed by atoms with Gasteiger partial charge in [-0.3, -0.25) is 4.21 Å². The molecule has 0 saturated carbocycles. The van der Waals surface area contributed by atoms with Gasteiger partial charge in [0.05, 0.1) is 0 Å². The number of aliphatic hydroxyl groups excluding tert-OH is 1. The minimum absolute atomic E-state index is 0.0882. The van der Waals surface area contributed by atoms with E-state index in [0.717, 1.165) is 5.75 Å². The largest absolute Gasteiger partial charge is 0.491 e. The van der Waals surface area contributed by atoms with Crippen LogP contribution in [-0.2, 0) is 10.8 Å². The number of hydrogen-bond donors (Lipinski definition) is 2. The van der Waals surface area contributed by atoms with Crippen LogP contribution in [0.5, 0.6) is 5.75 Å². The summed E-state index contributed by atoms with van der Waals surface area (Å²) >= 11 is 0. The molecule has 0 aliphatic heterocycles. The molecule has 0 bridgehead atoms. The van der Waals surface area contributed by atoms with Gasteiger partial charge in [0.15, 0.2) is 0 Å². The number of hydrogen-bond acceptors (Lipinski definition) is 4. The van der Waals surface area contributed by atoms with Crippen molar-refractivity contribution in [1.82, 2.24) is 5.32 Å². The number of aryl methyl sites for hydroxylation is 1. The minimum atomic E-state index is -0.836. The van der Waals surface area contributed by atoms with Crippen molar-refractivity contribution < 1.29 is 14.1 Å². The summed E-state index contributed by atoms with van der Waals surface area (Å²) in [5.74, 6) is 0.757. The van der Waals surface area contributed by atoms with E-state index in [1.54, 1.807) is 6.26 Å². The Bertz CT molecular complexity index is 394. The molecule has 19 heavy (non-hydrogen) atoms. The van der Waals surface area contributed by atoms with Crippen molar-refractivity contribution in [3.05, 3.63) is 29.8 Å². The molecule has 0 aliphatic carbocycles. The van der Waals surface area contributed by atoms with E-state index in [-0.39, 0.29) is 11.9 Å². The second-order valence-corrected chi connectivity index (χ2v) is 6.55. The molecule has 0 aliphatic rings. The van der Waals surface area contributed by atoms with Crippen LogP contribution in [0.1, 0.15) is 12.5 Å². The summed E-state index contributed by atoms with van der Waals surface area (Å²) in [6.45, 7) is 5.25. The molecular formula is C14H23NO3S. The Balaban J connectivity index is 2.19. The molecule has 0 heterocycles. The van der Waals surface area contributed by atoms with Gasteiger partial charge in [0.2, 0.25) is 0 Å². The van der Waals surface area contributed by atoms with Crippen LogP contribution in [0.4, 0.5) is 0 Å². The maximum absolute atomic E-state index is 11.1. The number of benzene rings is 1. The van der Waals surface area contributed by atoms with E-state index in [4.69, 9.17) is 4.74 Å². The summed E-state index contributed by atoms with van der Waals surface area (Å²) in [5.41, 5.74) is 1.18. The van der Waals surface area contributed by atoms with E-state index in [9.17, 15) is 9.32 Å². The van der Waals surface area contributed by atoms with Crippen molar-refractivity contribution >= 4 is 10.8 Å². The lowest BCUT2D eigenvalue weighted by atomic mass is 10.2. The first-order valence-corrected chi connectivity index (χ1v) is 8.01. The van der Waals surface area contributed by atoms with Crippen molar-refractivity contribution in [2.45, 2.75) is 25.2 Å². The zero-order valence-electron chi connectivity index (χ0n) is 11.8. The molecule has 0 spiro atoms. The Morgan fingerprint density at radius 3 is 2.53 bits per heavy atom. The highest BCUT2D eigenvalue weighted by Crippen LogP contribution is 2.11. The summed E-state index contributed by atoms with van der Waals surface area (Å²) in [7, 11) is -0.836. The van der Waals surface area contributed by atoms with Crippen molar-refractivity contribution in [3.8, 4) is 5.75 Å². The molecule has 0 radical (unpaired) electrons. The molecule has 0 amide bonds. The first-order valence-electron chi connectivity index (χ1n) is 6.39. The smallest absolute Gasteiger partial charge is 0.119 e. The number of aliphatic hydroxyl groups is 1. The fourth-order valence-corrected chi connectivity index (χ4v) is 1.81. The molecule has 5 heteroatoms. The fraction of sp³-hybridized carbons (Fsp3) is 0.571. The van der Waals surface area contributed by atoms with Gasteiger partial charge in [0.1, 0.15) is 18.5 Å². The van der Waals surface area contributed by atoms with E-state index in [0.29, 0.717) is 13.1 Å². The van der Waals surface area contributed by atoms with Crippen LogP contribution in [0.2, 0.25) is 0 Å². The van der Waals surface area contributed by atoms with Crippen LogP contribution in [0.15, 0.2) is 24.3 Å². The summed E-state index contributed by atoms with van der Waals surface area (Å²) in [4.78, 5) is 0. The highest BCUT2D eigenvalue weighted by molar-refractivity contribution is 7.84. The van der Waals surface area contributed by atoms with E-state index in [2.05, 4.69) is 5.32 Å². The van der Waals surface area contributed by atoms with Gasteiger partial charge in [-0.1, -0.05) is 17.7 Å². The predicted molar refractivity (Wildman–Crippen MR) is 79.1 cm³/mol. The maximum Gasteiger partial charge on any atom is 0.119 e. The van der Waals surface area contributed by atoms with E-state index >= 15 is 0 Å². The Morgan fingerprint density at radius 1 is 1.32 bits per heavy atom. The Morgan fingerprint density at radius 2 is 1.95 bits per heavy atom. The molecule has 2 N–H and O–H groups in total. The first-order chi connectivity index (χ1) is 8.99. The van der Waals surface area contributed by atoms with E-state index in [1.165, 1.54) is 5.56 Å². The molecule has 108 valence electrons. The summed E-state index contributed by atoms with van der Waals surface area (Å²) in [6, 6.07) is 7.71. The molecular weight excluding hydrogens is 262 g/mol. The first kappa shape index (κ1) is 16.1. The fourth-order valence-electron chi connectivity index (χ4n) is 1.46. The third-order valence-electron chi connectivity index (χ3n) is 2.84. The van der Waals surface area contributed by atoms with Crippen LogP contribution < -0.4 is 10.1 Å². The Hall–Kier alpha value is -0.910. The monoisotopic (exact) mass is 285 g/mol. The van der Waals surface area contributed by atoms with Gasteiger partial charge >= 0.3 is 0 Å². The van der Waals surface area contributed by atoms with Gasteiger partial charge in [-0.05, 0) is 26.0 Å². The predicted octanol–water partition coefficient (Wildman–Crippen LogP) is 1.09. The quantitative estimate of drug-likeness (QED) is 0.751. The zero-order chi connectivity index (χ0) is 14.3. The van der Waals surface area contributed by atoms with Crippen molar-refractivity contribution in [2.75, 3.05) is 26.0 Å². The van der Waals surface area contributed by atoms with Crippen molar-refractivity contribution in [1.29, 1.82) is 0 Å². The standard InChI is InChI=1S/C14H23NO3S/c1-11-4-6-14(7-5-11)18-10-13(16)9-15-8-12(2)19(3)17/h4-7,12-13,15-16H,8-10H2,1-3H3. The Kier molecular flexibility index (Phi) is 7.05. The third-order valence-corrected chi connectivity index (χ3v) is 4.14. The average molecular weight is 285 g/mol. The molecule has 3 unspecified atom stereocenters. The highest BCUT2D eigenvalue weighted by atomic mass is 32.2. The number of ether oxygens (including phenoxy) is 1. The molecule has 1 rings (SSSR count). The second kappa shape index (κ2) is 8.30. The average Bonchev–Trinajstić information content (AvgIpc) is 2.37. The van der Waals surface area contributed by atoms with Gasteiger partial charge in [-0.25, -0.2) is 0 Å². The maximum atomic E-state index is 11.1. The van der Waals surface area contributed by atoms with Crippen LogP contribution >= 0.6 is 0 Å². The molecule has 3 atom stereocenters. The molecule has 0 fully saturated rings. The molecule has 4 nitrogen and oxygen atoms in total. The van der Waals surface area contributed by atoms with Gasteiger partial charge < -0.3 is 15.2 Å². The van der Waals surface area contributed by atoms with E-state index in [1.807, 2.05) is 38.1 Å². The van der Waals surface area contributed by atoms with Gasteiger partial charge in [-0.15, -0.1) is 0 Å². The lowest BCUT2D eigenvalue weighted by Crippen LogP contribution is -2.36. The highest BCUT2D eigenvalue weighted by Gasteiger charge is 2.08. The van der Waals surface area contributed by atoms with E-state index < -0.39 is 16.9 Å². The normalized spacial score (nSPS) is 15.8. The SMILES string of the molecule is Cc1ccc(OCC(O)CNCC(C)S(C)=O)cc1.